The predicted octanol–water partition coefficient (Wildman–Crippen LogP) is 5.26. The summed E-state index contributed by atoms with van der Waals surface area (Å²) in [4.78, 5) is 9.11. The molecule has 4 aromatic rings. The number of fused-ring (bicyclic) bond motifs is 1. The lowest BCUT2D eigenvalue weighted by atomic mass is 9.86. The molecule has 1 aliphatic rings. The molecular weight excluding hydrogens is 417 g/mol. The Balaban J connectivity index is 1.42. The Labute approximate surface area is 192 Å². The molecule has 0 amide bonds. The Morgan fingerprint density at radius 1 is 1.12 bits per heavy atom. The molecule has 0 bridgehead atoms. The van der Waals surface area contributed by atoms with Crippen LogP contribution in [0.1, 0.15) is 47.7 Å². The second-order valence-corrected chi connectivity index (χ2v) is 8.64. The average Bonchev–Trinajstić information content (AvgIpc) is 3.43. The van der Waals surface area contributed by atoms with Gasteiger partial charge in [-0.05, 0) is 60.7 Å². The maximum Gasteiger partial charge on any atom is 0.174 e. The molecule has 2 atom stereocenters. The summed E-state index contributed by atoms with van der Waals surface area (Å²) in [6.07, 6.45) is 8.63. The maximum absolute atomic E-state index is 13.4. The fourth-order valence-electron chi connectivity index (χ4n) is 4.43. The number of nitrogens with zero attached hydrogens (tertiary/aromatic N) is 5. The first-order valence-electron chi connectivity index (χ1n) is 11.1. The largest absolute Gasteiger partial charge is 0.495 e. The van der Waals surface area contributed by atoms with Gasteiger partial charge in [-0.2, -0.15) is 5.10 Å². The number of rotatable bonds is 5. The lowest BCUT2D eigenvalue weighted by Crippen LogP contribution is -2.24. The zero-order chi connectivity index (χ0) is 22.9. The molecule has 0 radical (unpaired) electrons. The maximum atomic E-state index is 13.4. The molecular formula is C26H26FN5O. The standard InChI is InChI=1S/C26H26FN5O/c1-17-12-22(20-6-8-21(27)9-7-20)26-29-25(30-32(26)14-17)11-5-19-4-10-23(24(13-19)33-3)31-15-18(2)28-16-31/h4-11,13,15-17,22H,12,14H2,1-3H3/t17-,22-/m0/s1. The van der Waals surface area contributed by atoms with Crippen LogP contribution < -0.4 is 4.74 Å². The van der Waals surface area contributed by atoms with Gasteiger partial charge >= 0.3 is 0 Å². The first-order valence-corrected chi connectivity index (χ1v) is 11.1. The summed E-state index contributed by atoms with van der Waals surface area (Å²) in [5.41, 5.74) is 3.94. The molecule has 3 heterocycles. The molecule has 33 heavy (non-hydrogen) atoms. The first-order chi connectivity index (χ1) is 16.0. The van der Waals surface area contributed by atoms with Crippen LogP contribution in [0.4, 0.5) is 4.39 Å². The number of aromatic nitrogens is 5. The van der Waals surface area contributed by atoms with Crippen molar-refractivity contribution in [3.8, 4) is 11.4 Å². The van der Waals surface area contributed by atoms with Gasteiger partial charge in [-0.1, -0.05) is 31.2 Å². The predicted molar refractivity (Wildman–Crippen MR) is 126 cm³/mol. The number of benzene rings is 2. The van der Waals surface area contributed by atoms with Crippen LogP contribution >= 0.6 is 0 Å². The topological polar surface area (TPSA) is 57.8 Å². The van der Waals surface area contributed by atoms with Gasteiger partial charge in [0.2, 0.25) is 0 Å². The summed E-state index contributed by atoms with van der Waals surface area (Å²) >= 11 is 0. The average molecular weight is 444 g/mol. The van der Waals surface area contributed by atoms with Crippen LogP contribution in [0.2, 0.25) is 0 Å². The molecule has 0 saturated heterocycles. The van der Waals surface area contributed by atoms with Crippen molar-refractivity contribution in [2.45, 2.75) is 32.7 Å². The minimum Gasteiger partial charge on any atom is -0.495 e. The zero-order valence-electron chi connectivity index (χ0n) is 18.9. The summed E-state index contributed by atoms with van der Waals surface area (Å²) in [5.74, 6) is 2.72. The molecule has 0 aliphatic carbocycles. The van der Waals surface area contributed by atoms with E-state index in [9.17, 15) is 4.39 Å². The van der Waals surface area contributed by atoms with Crippen molar-refractivity contribution in [2.24, 2.45) is 5.92 Å². The van der Waals surface area contributed by atoms with E-state index in [0.717, 1.165) is 47.0 Å². The number of ether oxygens (including phenoxy) is 1. The third-order valence-electron chi connectivity index (χ3n) is 6.04. The molecule has 0 unspecified atom stereocenters. The van der Waals surface area contributed by atoms with Gasteiger partial charge in [0.15, 0.2) is 5.82 Å². The smallest absolute Gasteiger partial charge is 0.174 e. The number of hydrogen-bond acceptors (Lipinski definition) is 4. The van der Waals surface area contributed by atoms with E-state index in [1.807, 2.05) is 64.9 Å². The lowest BCUT2D eigenvalue weighted by Gasteiger charge is -2.27. The van der Waals surface area contributed by atoms with Gasteiger partial charge in [-0.15, -0.1) is 0 Å². The van der Waals surface area contributed by atoms with Gasteiger partial charge in [0, 0.05) is 18.7 Å². The third-order valence-corrected chi connectivity index (χ3v) is 6.04. The van der Waals surface area contributed by atoms with Crippen molar-refractivity contribution in [3.05, 3.63) is 89.3 Å². The Kier molecular flexibility index (Phi) is 5.54. The van der Waals surface area contributed by atoms with Gasteiger partial charge in [0.1, 0.15) is 17.4 Å². The van der Waals surface area contributed by atoms with Crippen LogP contribution in [0.3, 0.4) is 0 Å². The van der Waals surface area contributed by atoms with E-state index < -0.39 is 0 Å². The van der Waals surface area contributed by atoms with Crippen LogP contribution in [0.25, 0.3) is 17.8 Å². The Morgan fingerprint density at radius 3 is 2.67 bits per heavy atom. The van der Waals surface area contributed by atoms with Crippen molar-refractivity contribution in [3.63, 3.8) is 0 Å². The van der Waals surface area contributed by atoms with E-state index in [1.54, 1.807) is 13.4 Å². The molecule has 1 aliphatic heterocycles. The molecule has 0 fully saturated rings. The zero-order valence-corrected chi connectivity index (χ0v) is 18.9. The SMILES string of the molecule is COc1cc(C=Cc2nc3n(n2)C[C@@H](C)C[C@H]3c2ccc(F)cc2)ccc1-n1cnc(C)c1. The van der Waals surface area contributed by atoms with Gasteiger partial charge in [0.05, 0.1) is 24.8 Å². The van der Waals surface area contributed by atoms with Crippen LogP contribution in [0.15, 0.2) is 55.0 Å². The molecule has 0 spiro atoms. The molecule has 2 aromatic heterocycles. The Bertz CT molecular complexity index is 1300. The molecule has 7 heteroatoms. The van der Waals surface area contributed by atoms with Gasteiger partial charge in [-0.25, -0.2) is 19.0 Å². The second kappa shape index (κ2) is 8.65. The fourth-order valence-corrected chi connectivity index (χ4v) is 4.43. The van der Waals surface area contributed by atoms with Crippen molar-refractivity contribution >= 4 is 12.2 Å². The summed E-state index contributed by atoms with van der Waals surface area (Å²) in [5, 5.41) is 4.72. The highest BCUT2D eigenvalue weighted by Gasteiger charge is 2.29. The summed E-state index contributed by atoms with van der Waals surface area (Å²) in [6, 6.07) is 12.8. The molecule has 0 saturated carbocycles. The number of imidazole rings is 1. The number of aryl methyl sites for hydroxylation is 1. The minimum atomic E-state index is -0.225. The van der Waals surface area contributed by atoms with Crippen molar-refractivity contribution < 1.29 is 9.13 Å². The molecule has 0 N–H and O–H groups in total. The number of methoxy groups -OCH3 is 1. The quantitative estimate of drug-likeness (QED) is 0.422. The van der Waals surface area contributed by atoms with E-state index in [0.29, 0.717) is 11.7 Å². The summed E-state index contributed by atoms with van der Waals surface area (Å²) in [6.45, 7) is 5.01. The third kappa shape index (κ3) is 4.31. The van der Waals surface area contributed by atoms with E-state index >= 15 is 0 Å². The van der Waals surface area contributed by atoms with Crippen LogP contribution in [0.5, 0.6) is 5.75 Å². The number of hydrogen-bond donors (Lipinski definition) is 0. The van der Waals surface area contributed by atoms with E-state index in [4.69, 9.17) is 14.8 Å². The van der Waals surface area contributed by atoms with Crippen molar-refractivity contribution in [2.75, 3.05) is 7.11 Å². The second-order valence-electron chi connectivity index (χ2n) is 8.64. The molecule has 6 nitrogen and oxygen atoms in total. The monoisotopic (exact) mass is 443 g/mol. The highest BCUT2D eigenvalue weighted by atomic mass is 19.1. The Morgan fingerprint density at radius 2 is 1.94 bits per heavy atom. The fraction of sp³-hybridized carbons (Fsp3) is 0.269. The van der Waals surface area contributed by atoms with Gasteiger partial charge in [-0.3, -0.25) is 0 Å². The van der Waals surface area contributed by atoms with Crippen molar-refractivity contribution in [1.82, 2.24) is 24.3 Å². The number of halogens is 1. The lowest BCUT2D eigenvalue weighted by molar-refractivity contribution is 0.342. The van der Waals surface area contributed by atoms with E-state index in [-0.39, 0.29) is 11.7 Å². The van der Waals surface area contributed by atoms with Crippen LogP contribution in [0, 0.1) is 18.7 Å². The molecule has 2 aromatic carbocycles. The molecule has 5 rings (SSSR count). The first kappa shape index (κ1) is 21.1. The Hall–Kier alpha value is -3.74. The summed E-state index contributed by atoms with van der Waals surface area (Å²) < 4.78 is 23.0. The van der Waals surface area contributed by atoms with Gasteiger partial charge < -0.3 is 9.30 Å². The highest BCUT2D eigenvalue weighted by molar-refractivity contribution is 5.69. The van der Waals surface area contributed by atoms with Crippen LogP contribution in [-0.2, 0) is 6.54 Å². The van der Waals surface area contributed by atoms with E-state index in [1.165, 1.54) is 12.1 Å². The minimum absolute atomic E-state index is 0.113. The summed E-state index contributed by atoms with van der Waals surface area (Å²) in [7, 11) is 1.66. The highest BCUT2D eigenvalue weighted by Crippen LogP contribution is 2.35. The normalized spacial score (nSPS) is 17.9. The van der Waals surface area contributed by atoms with Crippen molar-refractivity contribution in [1.29, 1.82) is 0 Å². The molecule has 168 valence electrons. The van der Waals surface area contributed by atoms with Gasteiger partial charge in [0.25, 0.3) is 0 Å². The van der Waals surface area contributed by atoms with Crippen LogP contribution in [-0.4, -0.2) is 31.4 Å². The van der Waals surface area contributed by atoms with E-state index in [2.05, 4.69) is 11.9 Å².